The Morgan fingerprint density at radius 3 is 2.27 bits per heavy atom. The number of hydrogen-bond donors (Lipinski definition) is 0. The highest BCUT2D eigenvalue weighted by atomic mass is 32.2. The van der Waals surface area contributed by atoms with E-state index in [9.17, 15) is 9.59 Å². The molecule has 1 spiro atoms. The zero-order valence-corrected chi connectivity index (χ0v) is 14.9. The molecule has 0 bridgehead atoms. The van der Waals surface area contributed by atoms with Gasteiger partial charge in [0.15, 0.2) is 5.78 Å². The molecule has 0 radical (unpaired) electrons. The first kappa shape index (κ1) is 16.5. The number of allylic oxidation sites excluding steroid dienone is 2. The quantitative estimate of drug-likeness (QED) is 0.841. The maximum absolute atomic E-state index is 13.1. The van der Waals surface area contributed by atoms with Crippen LogP contribution in [-0.2, 0) is 9.59 Å². The molecule has 2 aliphatic rings. The van der Waals surface area contributed by atoms with Gasteiger partial charge in [-0.3, -0.25) is 14.6 Å². The lowest BCUT2D eigenvalue weighted by molar-refractivity contribution is -0.125. The van der Waals surface area contributed by atoms with E-state index in [1.54, 1.807) is 24.3 Å². The van der Waals surface area contributed by atoms with E-state index in [2.05, 4.69) is 4.98 Å². The molecule has 2 aromatic rings. The molecule has 0 N–H and O–H groups in total. The van der Waals surface area contributed by atoms with Crippen LogP contribution in [0.25, 0.3) is 5.57 Å². The Bertz CT molecular complexity index is 946. The third kappa shape index (κ3) is 2.61. The first-order chi connectivity index (χ1) is 12.6. The summed E-state index contributed by atoms with van der Waals surface area (Å²) in [6.45, 7) is 0. The molecule has 1 aromatic carbocycles. The van der Waals surface area contributed by atoms with Crippen LogP contribution in [0.2, 0.25) is 0 Å². The molecule has 0 atom stereocenters. The molecule has 4 rings (SSSR count). The van der Waals surface area contributed by atoms with Crippen molar-refractivity contribution in [1.29, 1.82) is 0 Å². The third-order valence-corrected chi connectivity index (χ3v) is 5.71. The topological polar surface area (TPSA) is 50.3 Å². The minimum atomic E-state index is -0.760. The molecule has 2 heterocycles. The minimum Gasteiger partial charge on any atom is -0.324 e. The monoisotopic (exact) mass is 360 g/mol. The maximum atomic E-state index is 13.1. The van der Waals surface area contributed by atoms with Crippen LogP contribution in [0.3, 0.4) is 0 Å². The molecule has 26 heavy (non-hydrogen) atoms. The average Bonchev–Trinajstić information content (AvgIpc) is 2.88. The summed E-state index contributed by atoms with van der Waals surface area (Å²) in [6, 6.07) is 13.6. The van der Waals surface area contributed by atoms with Crippen LogP contribution < -0.4 is 0 Å². The van der Waals surface area contributed by atoms with Crippen molar-refractivity contribution in [2.75, 3.05) is 7.05 Å². The number of likely N-dealkylation sites (N-methyl/N-ethyl adjacent to an activating group) is 1. The van der Waals surface area contributed by atoms with Gasteiger partial charge in [-0.1, -0.05) is 30.0 Å². The van der Waals surface area contributed by atoms with E-state index in [4.69, 9.17) is 0 Å². The van der Waals surface area contributed by atoms with Crippen molar-refractivity contribution in [2.24, 2.45) is 0 Å². The van der Waals surface area contributed by atoms with Crippen LogP contribution >= 0.6 is 11.8 Å². The van der Waals surface area contributed by atoms with Gasteiger partial charge in [-0.15, -0.1) is 0 Å². The Morgan fingerprint density at radius 2 is 1.62 bits per heavy atom. The van der Waals surface area contributed by atoms with E-state index in [1.807, 2.05) is 54.6 Å². The van der Waals surface area contributed by atoms with Gasteiger partial charge < -0.3 is 4.90 Å². The largest absolute Gasteiger partial charge is 0.324 e. The Balaban J connectivity index is 1.93. The summed E-state index contributed by atoms with van der Waals surface area (Å²) < 4.78 is 0. The number of benzene rings is 1. The molecule has 128 valence electrons. The van der Waals surface area contributed by atoms with Crippen LogP contribution in [0.4, 0.5) is 0 Å². The zero-order chi connectivity index (χ0) is 18.1. The number of aromatic nitrogens is 1. The molecule has 0 unspecified atom stereocenters. The highest BCUT2D eigenvalue weighted by molar-refractivity contribution is 8.04. The Kier molecular flexibility index (Phi) is 4.09. The van der Waals surface area contributed by atoms with Crippen molar-refractivity contribution in [3.05, 3.63) is 89.6 Å². The van der Waals surface area contributed by atoms with Crippen molar-refractivity contribution >= 4 is 29.0 Å². The number of thioether (sulfide) groups is 1. The molecule has 1 aliphatic heterocycles. The van der Waals surface area contributed by atoms with Crippen LogP contribution in [-0.4, -0.2) is 34.2 Å². The van der Waals surface area contributed by atoms with Gasteiger partial charge in [0.25, 0.3) is 5.91 Å². The third-order valence-electron chi connectivity index (χ3n) is 4.62. The van der Waals surface area contributed by atoms with Crippen molar-refractivity contribution in [2.45, 2.75) is 10.4 Å². The van der Waals surface area contributed by atoms with E-state index < -0.39 is 5.54 Å². The second-order valence-corrected chi connectivity index (χ2v) is 7.20. The molecule has 0 fully saturated rings. The van der Waals surface area contributed by atoms with E-state index >= 15 is 0 Å². The van der Waals surface area contributed by atoms with Crippen molar-refractivity contribution < 1.29 is 9.59 Å². The second-order valence-electron chi connectivity index (χ2n) is 6.11. The van der Waals surface area contributed by atoms with E-state index in [0.717, 1.165) is 16.0 Å². The van der Waals surface area contributed by atoms with Crippen molar-refractivity contribution in [3.8, 4) is 0 Å². The number of amides is 1. The number of nitrogens with zero attached hydrogens (tertiary/aromatic N) is 2. The molecule has 1 amide bonds. The molecule has 4 nitrogen and oxygen atoms in total. The fraction of sp³-hybridized carbons (Fsp3) is 0.0952. The molecule has 5 heteroatoms. The normalized spacial score (nSPS) is 18.3. The number of carbonyl (C=O) groups is 2. The molecule has 1 aliphatic carbocycles. The summed E-state index contributed by atoms with van der Waals surface area (Å²) in [6.07, 6.45) is 10.1. The maximum Gasteiger partial charge on any atom is 0.262 e. The Hall–Kier alpha value is -2.92. The lowest BCUT2D eigenvalue weighted by Gasteiger charge is -2.34. The lowest BCUT2D eigenvalue weighted by atomic mass is 9.83. The lowest BCUT2D eigenvalue weighted by Crippen LogP contribution is -2.43. The van der Waals surface area contributed by atoms with Crippen molar-refractivity contribution in [3.63, 3.8) is 0 Å². The van der Waals surface area contributed by atoms with Crippen molar-refractivity contribution in [1.82, 2.24) is 9.88 Å². The van der Waals surface area contributed by atoms with Gasteiger partial charge in [0, 0.05) is 29.9 Å². The number of hydrogen-bond acceptors (Lipinski definition) is 4. The van der Waals surface area contributed by atoms with E-state index in [1.165, 1.54) is 23.9 Å². The minimum absolute atomic E-state index is 0.0608. The van der Waals surface area contributed by atoms with E-state index in [-0.39, 0.29) is 11.7 Å². The fourth-order valence-electron chi connectivity index (χ4n) is 3.28. The average molecular weight is 360 g/mol. The SMILES string of the molecule is CN1C(=O)C(Sc2ccccc2)=C(c2ccncc2)C12C=CC(=O)C=C2. The first-order valence-electron chi connectivity index (χ1n) is 8.20. The summed E-state index contributed by atoms with van der Waals surface area (Å²) in [4.78, 5) is 32.3. The second kappa shape index (κ2) is 6.42. The summed E-state index contributed by atoms with van der Waals surface area (Å²) in [5.74, 6) is -0.135. The fourth-order valence-corrected chi connectivity index (χ4v) is 4.42. The Morgan fingerprint density at radius 1 is 0.962 bits per heavy atom. The molecule has 0 saturated heterocycles. The van der Waals surface area contributed by atoms with Gasteiger partial charge in [-0.05, 0) is 54.1 Å². The Labute approximate surface area is 155 Å². The first-order valence-corrected chi connectivity index (χ1v) is 9.02. The smallest absolute Gasteiger partial charge is 0.262 e. The van der Waals surface area contributed by atoms with Crippen LogP contribution in [0.1, 0.15) is 5.56 Å². The van der Waals surface area contributed by atoms with Gasteiger partial charge >= 0.3 is 0 Å². The molecular formula is C21H16N2O2S. The van der Waals surface area contributed by atoms with Gasteiger partial charge in [0.1, 0.15) is 5.54 Å². The summed E-state index contributed by atoms with van der Waals surface area (Å²) in [5.41, 5.74) is 1.03. The van der Waals surface area contributed by atoms with E-state index in [0.29, 0.717) is 4.91 Å². The van der Waals surface area contributed by atoms with Crippen LogP contribution in [0, 0.1) is 0 Å². The standard InChI is InChI=1S/C21H16N2O2S/c1-23-20(25)19(26-17-5-3-2-4-6-17)18(15-9-13-22-14-10-15)21(23)11-7-16(24)8-12-21/h2-14H,1H3. The number of ketones is 1. The zero-order valence-electron chi connectivity index (χ0n) is 14.1. The van der Waals surface area contributed by atoms with Gasteiger partial charge in [0.2, 0.25) is 0 Å². The summed E-state index contributed by atoms with van der Waals surface area (Å²) >= 11 is 1.45. The molecular weight excluding hydrogens is 344 g/mol. The van der Waals surface area contributed by atoms with Gasteiger partial charge in [-0.2, -0.15) is 0 Å². The molecule has 0 saturated carbocycles. The highest BCUT2D eigenvalue weighted by Crippen LogP contribution is 2.49. The predicted octanol–water partition coefficient (Wildman–Crippen LogP) is 3.49. The number of rotatable bonds is 3. The predicted molar refractivity (Wildman–Crippen MR) is 102 cm³/mol. The van der Waals surface area contributed by atoms with Crippen LogP contribution in [0.5, 0.6) is 0 Å². The van der Waals surface area contributed by atoms with Crippen LogP contribution in [0.15, 0.2) is 89.0 Å². The molecule has 1 aromatic heterocycles. The number of pyridine rings is 1. The number of carbonyl (C=O) groups excluding carboxylic acids is 2. The summed E-state index contributed by atoms with van der Waals surface area (Å²) in [7, 11) is 1.77. The van der Waals surface area contributed by atoms with Gasteiger partial charge in [-0.25, -0.2) is 0 Å². The van der Waals surface area contributed by atoms with Gasteiger partial charge in [0.05, 0.1) is 4.91 Å². The summed E-state index contributed by atoms with van der Waals surface area (Å²) in [5, 5.41) is 0. The highest BCUT2D eigenvalue weighted by Gasteiger charge is 2.48.